The second-order valence-electron chi connectivity index (χ2n) is 3.47. The molecule has 0 radical (unpaired) electrons. The summed E-state index contributed by atoms with van der Waals surface area (Å²) in [5.74, 6) is 0. The third-order valence-electron chi connectivity index (χ3n) is 2.08. The summed E-state index contributed by atoms with van der Waals surface area (Å²) in [5, 5.41) is 12.6. The molecule has 0 aromatic rings. The summed E-state index contributed by atoms with van der Waals surface area (Å²) in [7, 11) is 0. The van der Waals surface area contributed by atoms with Gasteiger partial charge >= 0.3 is 0 Å². The van der Waals surface area contributed by atoms with Crippen LogP contribution in [0.15, 0.2) is 0 Å². The Balaban J connectivity index is 0.000000810. The van der Waals surface area contributed by atoms with E-state index in [0.29, 0.717) is 0 Å². The smallest absolute Gasteiger partial charge is 0.0615 e. The van der Waals surface area contributed by atoms with Gasteiger partial charge in [-0.25, -0.2) is 0 Å². The van der Waals surface area contributed by atoms with Crippen molar-refractivity contribution in [3.05, 3.63) is 0 Å². The van der Waals surface area contributed by atoms with E-state index in [1.165, 1.54) is 0 Å². The van der Waals surface area contributed by atoms with Gasteiger partial charge in [0.25, 0.3) is 0 Å². The fourth-order valence-corrected chi connectivity index (χ4v) is 1.16. The molecule has 1 atom stereocenters. The summed E-state index contributed by atoms with van der Waals surface area (Å²) < 4.78 is 0. The minimum Gasteiger partial charge on any atom is -0.392 e. The zero-order valence-corrected chi connectivity index (χ0v) is 7.37. The molecule has 1 saturated heterocycles. The number of rotatable bonds is 0. The van der Waals surface area contributed by atoms with Crippen LogP contribution in [-0.4, -0.2) is 24.3 Å². The van der Waals surface area contributed by atoms with Crippen molar-refractivity contribution in [1.82, 2.24) is 5.32 Å². The van der Waals surface area contributed by atoms with Gasteiger partial charge < -0.3 is 10.4 Å². The normalized spacial score (nSPS) is 30.9. The first-order valence-corrected chi connectivity index (χ1v) is 3.52. The van der Waals surface area contributed by atoms with Crippen LogP contribution in [0.2, 0.25) is 0 Å². The summed E-state index contributed by atoms with van der Waals surface area (Å²) in [6.07, 6.45) is 0.784. The van der Waals surface area contributed by atoms with E-state index in [-0.39, 0.29) is 23.9 Å². The van der Waals surface area contributed by atoms with Crippen LogP contribution in [0.5, 0.6) is 0 Å². The minimum atomic E-state index is -0.112. The molecular formula is C7H16ClNO. The Morgan fingerprint density at radius 3 is 2.40 bits per heavy atom. The van der Waals surface area contributed by atoms with E-state index in [2.05, 4.69) is 19.2 Å². The standard InChI is InChI=1S/C7H15NO.ClH/c1-7(2)5-8-4-3-6(7)9;/h6,8-9H,3-5H2,1-2H3;1H. The molecule has 0 amide bonds. The average Bonchev–Trinajstić information content (AvgIpc) is 1.77. The predicted molar refractivity (Wildman–Crippen MR) is 44.5 cm³/mol. The monoisotopic (exact) mass is 165 g/mol. The minimum absolute atomic E-state index is 0. The van der Waals surface area contributed by atoms with Crippen LogP contribution in [-0.2, 0) is 0 Å². The van der Waals surface area contributed by atoms with Crippen LogP contribution in [0.25, 0.3) is 0 Å². The lowest BCUT2D eigenvalue weighted by Crippen LogP contribution is -2.45. The van der Waals surface area contributed by atoms with E-state index in [1.54, 1.807) is 0 Å². The molecule has 0 spiro atoms. The van der Waals surface area contributed by atoms with E-state index in [0.717, 1.165) is 19.5 Å². The van der Waals surface area contributed by atoms with Crippen molar-refractivity contribution in [2.75, 3.05) is 13.1 Å². The quantitative estimate of drug-likeness (QED) is 0.557. The van der Waals surface area contributed by atoms with Gasteiger partial charge in [0.05, 0.1) is 6.10 Å². The fourth-order valence-electron chi connectivity index (χ4n) is 1.16. The Hall–Kier alpha value is 0.210. The Labute approximate surface area is 68.4 Å². The van der Waals surface area contributed by atoms with Crippen LogP contribution in [0.3, 0.4) is 0 Å². The lowest BCUT2D eigenvalue weighted by atomic mass is 9.82. The summed E-state index contributed by atoms with van der Waals surface area (Å²) >= 11 is 0. The van der Waals surface area contributed by atoms with Crippen molar-refractivity contribution < 1.29 is 5.11 Å². The van der Waals surface area contributed by atoms with Gasteiger partial charge in [-0.05, 0) is 13.0 Å². The van der Waals surface area contributed by atoms with Crippen molar-refractivity contribution in [1.29, 1.82) is 0 Å². The number of halogens is 1. The Bertz CT molecular complexity index is 106. The van der Waals surface area contributed by atoms with Crippen molar-refractivity contribution in [3.63, 3.8) is 0 Å². The number of nitrogens with one attached hydrogen (secondary N) is 1. The molecule has 3 heteroatoms. The van der Waals surface area contributed by atoms with Gasteiger partial charge in [0.15, 0.2) is 0 Å². The molecule has 1 aliphatic heterocycles. The van der Waals surface area contributed by atoms with Crippen molar-refractivity contribution in [2.45, 2.75) is 26.4 Å². The summed E-state index contributed by atoms with van der Waals surface area (Å²) in [6.45, 7) is 6.08. The highest BCUT2D eigenvalue weighted by atomic mass is 35.5. The Morgan fingerprint density at radius 2 is 2.10 bits per heavy atom. The van der Waals surface area contributed by atoms with Gasteiger partial charge in [-0.3, -0.25) is 0 Å². The molecular weight excluding hydrogens is 150 g/mol. The molecule has 0 aromatic carbocycles. The van der Waals surface area contributed by atoms with Crippen molar-refractivity contribution in [3.8, 4) is 0 Å². The van der Waals surface area contributed by atoms with Crippen molar-refractivity contribution >= 4 is 12.4 Å². The molecule has 10 heavy (non-hydrogen) atoms. The highest BCUT2D eigenvalue weighted by Gasteiger charge is 2.29. The molecule has 2 N–H and O–H groups in total. The van der Waals surface area contributed by atoms with Crippen LogP contribution >= 0.6 is 12.4 Å². The maximum Gasteiger partial charge on any atom is 0.0615 e. The SMILES string of the molecule is CC1(C)CNCCC1O.Cl. The first-order chi connectivity index (χ1) is 4.13. The Morgan fingerprint density at radius 1 is 1.50 bits per heavy atom. The topological polar surface area (TPSA) is 32.3 Å². The highest BCUT2D eigenvalue weighted by Crippen LogP contribution is 2.24. The van der Waals surface area contributed by atoms with Crippen LogP contribution in [0.4, 0.5) is 0 Å². The third kappa shape index (κ3) is 2.11. The van der Waals surface area contributed by atoms with Crippen LogP contribution in [0, 0.1) is 5.41 Å². The lowest BCUT2D eigenvalue weighted by molar-refractivity contribution is 0.0242. The molecule has 1 heterocycles. The molecule has 0 bridgehead atoms. The largest absolute Gasteiger partial charge is 0.392 e. The Kier molecular flexibility index (Phi) is 3.63. The first-order valence-electron chi connectivity index (χ1n) is 3.52. The molecule has 1 aliphatic rings. The number of hydrogen-bond acceptors (Lipinski definition) is 2. The van der Waals surface area contributed by atoms with Gasteiger partial charge in [0.1, 0.15) is 0 Å². The molecule has 0 aliphatic carbocycles. The van der Waals surface area contributed by atoms with Gasteiger partial charge in [-0.2, -0.15) is 0 Å². The molecule has 0 aromatic heterocycles. The number of aliphatic hydroxyl groups is 1. The average molecular weight is 166 g/mol. The van der Waals surface area contributed by atoms with E-state index in [1.807, 2.05) is 0 Å². The zero-order valence-electron chi connectivity index (χ0n) is 6.55. The number of aliphatic hydroxyl groups excluding tert-OH is 1. The van der Waals surface area contributed by atoms with E-state index in [9.17, 15) is 5.11 Å². The maximum absolute atomic E-state index is 9.40. The van der Waals surface area contributed by atoms with E-state index in [4.69, 9.17) is 0 Å². The summed E-state index contributed by atoms with van der Waals surface area (Å²) in [6, 6.07) is 0. The predicted octanol–water partition coefficient (Wildman–Crippen LogP) is 0.789. The first kappa shape index (κ1) is 10.2. The molecule has 1 fully saturated rings. The van der Waals surface area contributed by atoms with Crippen LogP contribution in [0.1, 0.15) is 20.3 Å². The van der Waals surface area contributed by atoms with Gasteiger partial charge in [-0.1, -0.05) is 13.8 Å². The molecule has 1 unspecified atom stereocenters. The molecule has 0 saturated carbocycles. The maximum atomic E-state index is 9.40. The molecule has 62 valence electrons. The van der Waals surface area contributed by atoms with Crippen molar-refractivity contribution in [2.24, 2.45) is 5.41 Å². The second kappa shape index (κ2) is 3.56. The summed E-state index contributed by atoms with van der Waals surface area (Å²) in [4.78, 5) is 0. The molecule has 1 rings (SSSR count). The molecule has 2 nitrogen and oxygen atoms in total. The number of hydrogen-bond donors (Lipinski definition) is 2. The van der Waals surface area contributed by atoms with Gasteiger partial charge in [0, 0.05) is 12.0 Å². The highest BCUT2D eigenvalue weighted by molar-refractivity contribution is 5.85. The lowest BCUT2D eigenvalue weighted by Gasteiger charge is -2.35. The number of piperidine rings is 1. The van der Waals surface area contributed by atoms with E-state index >= 15 is 0 Å². The van der Waals surface area contributed by atoms with Gasteiger partial charge in [-0.15, -0.1) is 12.4 Å². The third-order valence-corrected chi connectivity index (χ3v) is 2.08. The van der Waals surface area contributed by atoms with E-state index < -0.39 is 0 Å². The fraction of sp³-hybridized carbons (Fsp3) is 1.00. The zero-order chi connectivity index (χ0) is 6.91. The van der Waals surface area contributed by atoms with Gasteiger partial charge in [0.2, 0.25) is 0 Å². The van der Waals surface area contributed by atoms with Crippen LogP contribution < -0.4 is 5.32 Å². The summed E-state index contributed by atoms with van der Waals surface area (Å²) in [5.41, 5.74) is 0.0816. The second-order valence-corrected chi connectivity index (χ2v) is 3.47.